The highest BCUT2D eigenvalue weighted by molar-refractivity contribution is 5.71. The molecule has 0 saturated carbocycles. The van der Waals surface area contributed by atoms with Crippen molar-refractivity contribution in [2.24, 2.45) is 5.92 Å². The van der Waals surface area contributed by atoms with Crippen LogP contribution in [0.1, 0.15) is 27.2 Å². The van der Waals surface area contributed by atoms with Gasteiger partial charge in [0.25, 0.3) is 0 Å². The maximum Gasteiger partial charge on any atom is 0.307 e. The van der Waals surface area contributed by atoms with Crippen molar-refractivity contribution in [3.63, 3.8) is 0 Å². The molecule has 0 radical (unpaired) electrons. The molecule has 4 heteroatoms. The van der Waals surface area contributed by atoms with Crippen molar-refractivity contribution in [3.05, 3.63) is 24.3 Å². The Morgan fingerprint density at radius 3 is 2.58 bits per heavy atom. The standard InChI is InChI=1S/C15H23NO3/c1-5-19-15(17)10-13(11(2)3)16-12-8-6-7-9-14(12)18-4/h6-9,11,13,16H,5,10H2,1-4H3/t13-/m1/s1. The van der Waals surface area contributed by atoms with Gasteiger partial charge >= 0.3 is 5.97 Å². The van der Waals surface area contributed by atoms with Crippen LogP contribution in [0.3, 0.4) is 0 Å². The van der Waals surface area contributed by atoms with Crippen molar-refractivity contribution in [3.8, 4) is 5.75 Å². The number of hydrogen-bond donors (Lipinski definition) is 1. The summed E-state index contributed by atoms with van der Waals surface area (Å²) in [5.74, 6) is 0.912. The minimum Gasteiger partial charge on any atom is -0.495 e. The van der Waals surface area contributed by atoms with Crippen LogP contribution in [-0.2, 0) is 9.53 Å². The van der Waals surface area contributed by atoms with Gasteiger partial charge < -0.3 is 14.8 Å². The first-order valence-corrected chi connectivity index (χ1v) is 6.63. The third-order valence-electron chi connectivity index (χ3n) is 2.94. The molecule has 1 rings (SSSR count). The molecule has 1 N–H and O–H groups in total. The molecule has 0 saturated heterocycles. The second-order valence-electron chi connectivity index (χ2n) is 4.70. The number of hydrogen-bond acceptors (Lipinski definition) is 4. The Morgan fingerprint density at radius 2 is 2.00 bits per heavy atom. The van der Waals surface area contributed by atoms with Crippen LogP contribution >= 0.6 is 0 Å². The molecular weight excluding hydrogens is 242 g/mol. The van der Waals surface area contributed by atoms with Gasteiger partial charge in [-0.3, -0.25) is 4.79 Å². The van der Waals surface area contributed by atoms with Gasteiger partial charge in [0.2, 0.25) is 0 Å². The Balaban J connectivity index is 2.75. The summed E-state index contributed by atoms with van der Waals surface area (Å²) in [4.78, 5) is 11.6. The number of esters is 1. The largest absolute Gasteiger partial charge is 0.495 e. The van der Waals surface area contributed by atoms with Crippen molar-refractivity contribution >= 4 is 11.7 Å². The zero-order valence-corrected chi connectivity index (χ0v) is 12.1. The smallest absolute Gasteiger partial charge is 0.307 e. The Hall–Kier alpha value is -1.71. The molecule has 0 spiro atoms. The summed E-state index contributed by atoms with van der Waals surface area (Å²) >= 11 is 0. The summed E-state index contributed by atoms with van der Waals surface area (Å²) in [6, 6.07) is 7.71. The van der Waals surface area contributed by atoms with Gasteiger partial charge in [-0.2, -0.15) is 0 Å². The third kappa shape index (κ3) is 4.81. The lowest BCUT2D eigenvalue weighted by atomic mass is 10.0. The summed E-state index contributed by atoms with van der Waals surface area (Å²) in [7, 11) is 1.64. The average Bonchev–Trinajstić information content (AvgIpc) is 2.38. The molecule has 0 aliphatic carbocycles. The van der Waals surface area contributed by atoms with Crippen LogP contribution in [0.2, 0.25) is 0 Å². The number of anilines is 1. The fraction of sp³-hybridized carbons (Fsp3) is 0.533. The first kappa shape index (κ1) is 15.3. The van der Waals surface area contributed by atoms with Crippen molar-refractivity contribution in [1.82, 2.24) is 0 Å². The fourth-order valence-corrected chi connectivity index (χ4v) is 1.82. The monoisotopic (exact) mass is 265 g/mol. The van der Waals surface area contributed by atoms with Crippen molar-refractivity contribution in [2.75, 3.05) is 19.0 Å². The topological polar surface area (TPSA) is 47.6 Å². The minimum atomic E-state index is -0.177. The maximum atomic E-state index is 11.6. The highest BCUT2D eigenvalue weighted by Gasteiger charge is 2.19. The zero-order chi connectivity index (χ0) is 14.3. The number of methoxy groups -OCH3 is 1. The van der Waals surface area contributed by atoms with Crippen LogP contribution in [0.4, 0.5) is 5.69 Å². The summed E-state index contributed by atoms with van der Waals surface area (Å²) in [6.07, 6.45) is 0.351. The predicted octanol–water partition coefficient (Wildman–Crippen LogP) is 3.08. The predicted molar refractivity (Wildman–Crippen MR) is 76.5 cm³/mol. The van der Waals surface area contributed by atoms with Gasteiger partial charge in [0.1, 0.15) is 5.75 Å². The average molecular weight is 265 g/mol. The van der Waals surface area contributed by atoms with Crippen LogP contribution in [0.5, 0.6) is 5.75 Å². The lowest BCUT2D eigenvalue weighted by Gasteiger charge is -2.23. The highest BCUT2D eigenvalue weighted by Crippen LogP contribution is 2.26. The fourth-order valence-electron chi connectivity index (χ4n) is 1.82. The van der Waals surface area contributed by atoms with Gasteiger partial charge in [0.05, 0.1) is 25.8 Å². The van der Waals surface area contributed by atoms with Gasteiger partial charge in [0.15, 0.2) is 0 Å². The van der Waals surface area contributed by atoms with E-state index in [1.54, 1.807) is 7.11 Å². The highest BCUT2D eigenvalue weighted by atomic mass is 16.5. The summed E-state index contributed by atoms with van der Waals surface area (Å²) in [5.41, 5.74) is 0.896. The van der Waals surface area contributed by atoms with Crippen LogP contribution in [0.15, 0.2) is 24.3 Å². The Bertz CT molecular complexity index is 404. The second kappa shape index (κ2) is 7.67. The normalized spacial score (nSPS) is 12.1. The lowest BCUT2D eigenvalue weighted by molar-refractivity contribution is -0.143. The molecule has 1 aromatic rings. The van der Waals surface area contributed by atoms with E-state index in [4.69, 9.17) is 9.47 Å². The Labute approximate surface area is 115 Å². The minimum absolute atomic E-state index is 0.0235. The zero-order valence-electron chi connectivity index (χ0n) is 12.1. The third-order valence-corrected chi connectivity index (χ3v) is 2.94. The number of nitrogens with one attached hydrogen (secondary N) is 1. The lowest BCUT2D eigenvalue weighted by Crippen LogP contribution is -2.29. The molecule has 19 heavy (non-hydrogen) atoms. The molecule has 0 fully saturated rings. The quantitative estimate of drug-likeness (QED) is 0.770. The number of carbonyl (C=O) groups excluding carboxylic acids is 1. The van der Waals surface area contributed by atoms with E-state index < -0.39 is 0 Å². The molecule has 0 aliphatic rings. The molecule has 106 valence electrons. The van der Waals surface area contributed by atoms with E-state index in [1.165, 1.54) is 0 Å². The molecule has 0 amide bonds. The number of benzene rings is 1. The van der Waals surface area contributed by atoms with Crippen LogP contribution in [0, 0.1) is 5.92 Å². The van der Waals surface area contributed by atoms with Gasteiger partial charge in [-0.15, -0.1) is 0 Å². The van der Waals surface area contributed by atoms with Crippen LogP contribution < -0.4 is 10.1 Å². The Morgan fingerprint density at radius 1 is 1.32 bits per heavy atom. The number of carbonyl (C=O) groups is 1. The maximum absolute atomic E-state index is 11.6. The summed E-state index contributed by atoms with van der Waals surface area (Å²) in [5, 5.41) is 3.36. The second-order valence-corrected chi connectivity index (χ2v) is 4.70. The molecule has 1 aromatic carbocycles. The van der Waals surface area contributed by atoms with E-state index in [0.29, 0.717) is 18.9 Å². The number of para-hydroxylation sites is 2. The van der Waals surface area contributed by atoms with E-state index in [-0.39, 0.29) is 12.0 Å². The van der Waals surface area contributed by atoms with Gasteiger partial charge in [0, 0.05) is 6.04 Å². The van der Waals surface area contributed by atoms with Gasteiger partial charge in [-0.1, -0.05) is 26.0 Å². The molecule has 0 aliphatic heterocycles. The van der Waals surface area contributed by atoms with Gasteiger partial charge in [-0.25, -0.2) is 0 Å². The number of ether oxygens (including phenoxy) is 2. The van der Waals surface area contributed by atoms with E-state index in [1.807, 2.05) is 31.2 Å². The first-order chi connectivity index (χ1) is 9.08. The van der Waals surface area contributed by atoms with E-state index in [2.05, 4.69) is 19.2 Å². The molecule has 0 unspecified atom stereocenters. The molecule has 4 nitrogen and oxygen atoms in total. The van der Waals surface area contributed by atoms with Crippen molar-refractivity contribution < 1.29 is 14.3 Å². The summed E-state index contributed by atoms with van der Waals surface area (Å²) < 4.78 is 10.3. The molecular formula is C15H23NO3. The SMILES string of the molecule is CCOC(=O)C[C@@H](Nc1ccccc1OC)C(C)C. The van der Waals surface area contributed by atoms with Crippen LogP contribution in [0.25, 0.3) is 0 Å². The van der Waals surface area contributed by atoms with Crippen LogP contribution in [-0.4, -0.2) is 25.7 Å². The number of rotatable bonds is 7. The van der Waals surface area contributed by atoms with E-state index >= 15 is 0 Å². The van der Waals surface area contributed by atoms with Gasteiger partial charge in [-0.05, 0) is 25.0 Å². The van der Waals surface area contributed by atoms with Crippen molar-refractivity contribution in [2.45, 2.75) is 33.2 Å². The van der Waals surface area contributed by atoms with E-state index in [9.17, 15) is 4.79 Å². The molecule has 0 aromatic heterocycles. The molecule has 0 bridgehead atoms. The molecule has 1 atom stereocenters. The van der Waals surface area contributed by atoms with E-state index in [0.717, 1.165) is 11.4 Å². The molecule has 0 heterocycles. The first-order valence-electron chi connectivity index (χ1n) is 6.63. The van der Waals surface area contributed by atoms with Crippen molar-refractivity contribution in [1.29, 1.82) is 0 Å². The summed E-state index contributed by atoms with van der Waals surface area (Å²) in [6.45, 7) is 6.38. The Kier molecular flexibility index (Phi) is 6.19.